The summed E-state index contributed by atoms with van der Waals surface area (Å²) in [7, 11) is 1.63. The molecular weight excluding hydrogens is 188 g/mol. The third kappa shape index (κ3) is 1.11. The molecule has 0 bridgehead atoms. The highest BCUT2D eigenvalue weighted by molar-refractivity contribution is 7.17. The predicted octanol–water partition coefficient (Wildman–Crippen LogP) is 0.281. The molecule has 0 radical (unpaired) electrons. The van der Waals surface area contributed by atoms with E-state index >= 15 is 0 Å². The van der Waals surface area contributed by atoms with Crippen LogP contribution < -0.4 is 16.8 Å². The van der Waals surface area contributed by atoms with Crippen molar-refractivity contribution in [3.05, 3.63) is 21.8 Å². The van der Waals surface area contributed by atoms with Crippen molar-refractivity contribution in [2.45, 2.75) is 0 Å². The van der Waals surface area contributed by atoms with Crippen molar-refractivity contribution in [3.8, 4) is 0 Å². The number of hydrogen-bond donors (Lipinski definition) is 2. The van der Waals surface area contributed by atoms with Crippen LogP contribution in [0.5, 0.6) is 0 Å². The van der Waals surface area contributed by atoms with Gasteiger partial charge in [0.05, 0.1) is 5.52 Å². The summed E-state index contributed by atoms with van der Waals surface area (Å²) < 4.78 is 2.04. The first kappa shape index (κ1) is 8.21. The maximum Gasteiger partial charge on any atom is 0.272 e. The van der Waals surface area contributed by atoms with Crippen LogP contribution in [0.1, 0.15) is 0 Å². The number of thiophene rings is 1. The van der Waals surface area contributed by atoms with Gasteiger partial charge < -0.3 is 0 Å². The molecule has 0 aromatic carbocycles. The van der Waals surface area contributed by atoms with Crippen LogP contribution in [0.25, 0.3) is 10.2 Å². The van der Waals surface area contributed by atoms with E-state index in [1.807, 2.05) is 5.38 Å². The standard InChI is InChI=1S/C7H8N4OS/c1-11-6(12)5-4(2-3-13-5)9-7(11)10-8/h2-3H,8H2,1H3,(H,9,10). The van der Waals surface area contributed by atoms with Gasteiger partial charge in [-0.15, -0.1) is 11.3 Å². The minimum absolute atomic E-state index is 0.0760. The lowest BCUT2D eigenvalue weighted by Crippen LogP contribution is -2.23. The highest BCUT2D eigenvalue weighted by Gasteiger charge is 2.07. The van der Waals surface area contributed by atoms with Gasteiger partial charge >= 0.3 is 0 Å². The molecule has 6 heteroatoms. The molecule has 0 atom stereocenters. The van der Waals surface area contributed by atoms with Gasteiger partial charge in [-0.3, -0.25) is 14.8 Å². The van der Waals surface area contributed by atoms with E-state index in [0.717, 1.165) is 0 Å². The van der Waals surface area contributed by atoms with Crippen molar-refractivity contribution < 1.29 is 0 Å². The number of nitrogen functional groups attached to an aromatic ring is 1. The Morgan fingerprint density at radius 2 is 2.46 bits per heavy atom. The van der Waals surface area contributed by atoms with E-state index < -0.39 is 0 Å². The van der Waals surface area contributed by atoms with Crippen molar-refractivity contribution in [1.82, 2.24) is 9.55 Å². The number of aromatic nitrogens is 2. The first-order valence-corrected chi connectivity index (χ1v) is 4.53. The van der Waals surface area contributed by atoms with E-state index in [1.54, 1.807) is 13.1 Å². The van der Waals surface area contributed by atoms with Crippen LogP contribution in [-0.4, -0.2) is 9.55 Å². The molecule has 2 rings (SSSR count). The summed E-state index contributed by atoms with van der Waals surface area (Å²) in [5.74, 6) is 5.58. The number of hydrogen-bond acceptors (Lipinski definition) is 5. The highest BCUT2D eigenvalue weighted by atomic mass is 32.1. The quantitative estimate of drug-likeness (QED) is 0.507. The maximum atomic E-state index is 11.6. The third-order valence-electron chi connectivity index (χ3n) is 1.82. The molecule has 0 fully saturated rings. The summed E-state index contributed by atoms with van der Waals surface area (Å²) in [6.07, 6.45) is 0. The molecule has 5 nitrogen and oxygen atoms in total. The molecule has 2 heterocycles. The second-order valence-corrected chi connectivity index (χ2v) is 3.49. The Bertz CT molecular complexity index is 501. The Labute approximate surface area is 77.8 Å². The van der Waals surface area contributed by atoms with Crippen molar-refractivity contribution in [1.29, 1.82) is 0 Å². The van der Waals surface area contributed by atoms with Gasteiger partial charge in [0.2, 0.25) is 5.95 Å². The fraction of sp³-hybridized carbons (Fsp3) is 0.143. The summed E-state index contributed by atoms with van der Waals surface area (Å²) in [4.78, 5) is 15.8. The molecule has 0 aliphatic carbocycles. The molecule has 13 heavy (non-hydrogen) atoms. The van der Waals surface area contributed by atoms with Gasteiger partial charge in [-0.05, 0) is 11.4 Å². The summed E-state index contributed by atoms with van der Waals surface area (Å²) in [6.45, 7) is 0. The van der Waals surface area contributed by atoms with Gasteiger partial charge in [0.1, 0.15) is 4.70 Å². The molecule has 2 aromatic rings. The molecule has 3 N–H and O–H groups in total. The number of nitrogens with one attached hydrogen (secondary N) is 1. The Morgan fingerprint density at radius 3 is 3.15 bits per heavy atom. The molecule has 68 valence electrons. The van der Waals surface area contributed by atoms with Crippen molar-refractivity contribution in [2.75, 3.05) is 5.43 Å². The average Bonchev–Trinajstić information content (AvgIpc) is 2.59. The normalized spacial score (nSPS) is 10.6. The fourth-order valence-corrected chi connectivity index (χ4v) is 1.92. The van der Waals surface area contributed by atoms with E-state index in [2.05, 4.69) is 10.4 Å². The second-order valence-electron chi connectivity index (χ2n) is 2.58. The smallest absolute Gasteiger partial charge is 0.272 e. The van der Waals surface area contributed by atoms with Crippen molar-refractivity contribution in [3.63, 3.8) is 0 Å². The highest BCUT2D eigenvalue weighted by Crippen LogP contribution is 2.15. The van der Waals surface area contributed by atoms with E-state index in [9.17, 15) is 4.79 Å². The molecule has 0 aliphatic rings. The second kappa shape index (κ2) is 2.82. The Hall–Kier alpha value is -1.40. The van der Waals surface area contributed by atoms with E-state index in [0.29, 0.717) is 16.2 Å². The number of nitrogens with two attached hydrogens (primary N) is 1. The third-order valence-corrected chi connectivity index (χ3v) is 2.71. The first-order valence-electron chi connectivity index (χ1n) is 3.65. The monoisotopic (exact) mass is 196 g/mol. The van der Waals surface area contributed by atoms with Gasteiger partial charge in [-0.25, -0.2) is 10.8 Å². The molecular formula is C7H8N4OS. The van der Waals surface area contributed by atoms with Gasteiger partial charge in [0, 0.05) is 7.05 Å². The van der Waals surface area contributed by atoms with Crippen LogP contribution in [0.2, 0.25) is 0 Å². The predicted molar refractivity (Wildman–Crippen MR) is 52.7 cm³/mol. The van der Waals surface area contributed by atoms with Crippen LogP contribution in [0.3, 0.4) is 0 Å². The van der Waals surface area contributed by atoms with Crippen LogP contribution in [0, 0.1) is 0 Å². The lowest BCUT2D eigenvalue weighted by atomic mass is 10.5. The van der Waals surface area contributed by atoms with Gasteiger partial charge in [-0.1, -0.05) is 0 Å². The Kier molecular flexibility index (Phi) is 1.78. The number of nitrogens with zero attached hydrogens (tertiary/aromatic N) is 2. The van der Waals surface area contributed by atoms with E-state index in [1.165, 1.54) is 15.9 Å². The number of rotatable bonds is 1. The van der Waals surface area contributed by atoms with Gasteiger partial charge in [-0.2, -0.15) is 0 Å². The largest absolute Gasteiger partial charge is 0.294 e. The molecule has 0 amide bonds. The molecule has 0 saturated heterocycles. The Balaban J connectivity index is 2.92. The lowest BCUT2D eigenvalue weighted by molar-refractivity contribution is 0.848. The van der Waals surface area contributed by atoms with Crippen LogP contribution in [0.15, 0.2) is 16.2 Å². The van der Waals surface area contributed by atoms with Gasteiger partial charge in [0.25, 0.3) is 5.56 Å². The number of anilines is 1. The minimum atomic E-state index is -0.0760. The van der Waals surface area contributed by atoms with Crippen molar-refractivity contribution in [2.24, 2.45) is 12.9 Å². The number of fused-ring (bicyclic) bond motifs is 1. The molecule has 0 unspecified atom stereocenters. The zero-order valence-corrected chi connectivity index (χ0v) is 7.76. The van der Waals surface area contributed by atoms with Crippen LogP contribution in [-0.2, 0) is 7.05 Å². The van der Waals surface area contributed by atoms with E-state index in [-0.39, 0.29) is 5.56 Å². The number of hydrazine groups is 1. The average molecular weight is 196 g/mol. The van der Waals surface area contributed by atoms with Gasteiger partial charge in [0.15, 0.2) is 0 Å². The lowest BCUT2D eigenvalue weighted by Gasteiger charge is -2.04. The Morgan fingerprint density at radius 1 is 1.69 bits per heavy atom. The zero-order chi connectivity index (χ0) is 9.42. The summed E-state index contributed by atoms with van der Waals surface area (Å²) in [6, 6.07) is 1.79. The molecule has 2 aromatic heterocycles. The zero-order valence-electron chi connectivity index (χ0n) is 6.94. The maximum absolute atomic E-state index is 11.6. The molecule has 0 aliphatic heterocycles. The van der Waals surface area contributed by atoms with Crippen LogP contribution >= 0.6 is 11.3 Å². The molecule has 0 spiro atoms. The topological polar surface area (TPSA) is 72.9 Å². The first-order chi connectivity index (χ1) is 6.24. The summed E-state index contributed by atoms with van der Waals surface area (Å²) in [5, 5.41) is 1.83. The minimum Gasteiger partial charge on any atom is -0.294 e. The molecule has 0 saturated carbocycles. The SMILES string of the molecule is Cn1c(NN)nc2ccsc2c1=O. The summed E-state index contributed by atoms with van der Waals surface area (Å²) in [5.41, 5.74) is 2.98. The van der Waals surface area contributed by atoms with Crippen LogP contribution in [0.4, 0.5) is 5.95 Å². The van der Waals surface area contributed by atoms with E-state index in [4.69, 9.17) is 5.84 Å². The van der Waals surface area contributed by atoms with Crippen molar-refractivity contribution >= 4 is 27.5 Å². The summed E-state index contributed by atoms with van der Waals surface area (Å²) >= 11 is 1.38. The fourth-order valence-electron chi connectivity index (χ4n) is 1.12.